The third-order valence-corrected chi connectivity index (χ3v) is 6.31. The Balaban J connectivity index is 1.67. The molecule has 0 saturated carbocycles. The highest BCUT2D eigenvalue weighted by molar-refractivity contribution is 9.10. The van der Waals surface area contributed by atoms with Crippen molar-refractivity contribution in [3.8, 4) is 0 Å². The molecule has 1 fully saturated rings. The number of ether oxygens (including phenoxy) is 1. The molecule has 0 radical (unpaired) electrons. The molecule has 2 aromatic rings. The number of methoxy groups -OCH3 is 1. The Kier molecular flexibility index (Phi) is 5.66. The Bertz CT molecular complexity index is 799. The molecule has 3 rings (SSSR count). The van der Waals surface area contributed by atoms with Crippen molar-refractivity contribution < 1.29 is 13.2 Å². The quantitative estimate of drug-likeness (QED) is 0.791. The highest BCUT2D eigenvalue weighted by Gasteiger charge is 2.19. The van der Waals surface area contributed by atoms with Crippen molar-refractivity contribution in [3.63, 3.8) is 0 Å². The van der Waals surface area contributed by atoms with E-state index in [9.17, 15) is 8.42 Å². The fourth-order valence-electron chi connectivity index (χ4n) is 2.92. The van der Waals surface area contributed by atoms with Gasteiger partial charge in [0.15, 0.2) is 0 Å². The molecule has 0 bridgehead atoms. The summed E-state index contributed by atoms with van der Waals surface area (Å²) in [4.78, 5) is 2.53. The van der Waals surface area contributed by atoms with Gasteiger partial charge in [0.25, 0.3) is 10.0 Å². The van der Waals surface area contributed by atoms with Gasteiger partial charge in [-0.05, 0) is 61.4 Å². The van der Waals surface area contributed by atoms with Gasteiger partial charge in [-0.25, -0.2) is 8.42 Å². The van der Waals surface area contributed by atoms with Crippen LogP contribution in [-0.4, -0.2) is 34.7 Å². The Morgan fingerprint density at radius 2 is 1.64 bits per heavy atom. The van der Waals surface area contributed by atoms with Crippen LogP contribution in [0.1, 0.15) is 12.8 Å². The minimum absolute atomic E-state index is 0.237. The van der Waals surface area contributed by atoms with Gasteiger partial charge in [-0.3, -0.25) is 4.72 Å². The lowest BCUT2D eigenvalue weighted by Gasteiger charge is -2.33. The molecule has 1 heterocycles. The second-order valence-electron chi connectivity index (χ2n) is 6.03. The van der Waals surface area contributed by atoms with Crippen LogP contribution in [0.25, 0.3) is 0 Å². The largest absolute Gasteiger partial charge is 0.381 e. The normalized spacial score (nSPS) is 16.0. The van der Waals surface area contributed by atoms with Gasteiger partial charge in [0.2, 0.25) is 0 Å². The number of sulfonamides is 1. The molecule has 0 spiro atoms. The summed E-state index contributed by atoms with van der Waals surface area (Å²) in [6.07, 6.45) is 2.36. The first-order valence-corrected chi connectivity index (χ1v) is 10.4. The maximum absolute atomic E-state index is 12.4. The fourth-order valence-corrected chi connectivity index (χ4v) is 4.24. The van der Waals surface area contributed by atoms with Crippen LogP contribution in [0.15, 0.2) is 57.9 Å². The zero-order chi connectivity index (χ0) is 17.9. The van der Waals surface area contributed by atoms with E-state index in [1.165, 1.54) is 0 Å². The average molecular weight is 425 g/mol. The SMILES string of the molecule is COC1CCN(c2ccc(NS(=O)(=O)c3ccc(Br)cc3)cc2)CC1. The van der Waals surface area contributed by atoms with E-state index in [0.29, 0.717) is 11.8 Å². The Hall–Kier alpha value is -1.57. The van der Waals surface area contributed by atoms with Crippen molar-refractivity contribution in [1.29, 1.82) is 0 Å². The topological polar surface area (TPSA) is 58.6 Å². The Labute approximate surface area is 157 Å². The van der Waals surface area contributed by atoms with Crippen LogP contribution >= 0.6 is 15.9 Å². The molecule has 1 aliphatic rings. The predicted octanol–water partition coefficient (Wildman–Crippen LogP) is 3.87. The molecular formula is C18H21BrN2O3S. The first-order chi connectivity index (χ1) is 12.0. The molecule has 0 amide bonds. The van der Waals surface area contributed by atoms with E-state index in [4.69, 9.17) is 4.74 Å². The van der Waals surface area contributed by atoms with E-state index in [2.05, 4.69) is 25.6 Å². The second kappa shape index (κ2) is 7.76. The van der Waals surface area contributed by atoms with E-state index in [0.717, 1.165) is 36.1 Å². The molecule has 134 valence electrons. The minimum Gasteiger partial charge on any atom is -0.381 e. The maximum atomic E-state index is 12.4. The number of rotatable bonds is 5. The smallest absolute Gasteiger partial charge is 0.261 e. The molecule has 1 N–H and O–H groups in total. The number of nitrogens with one attached hydrogen (secondary N) is 1. The summed E-state index contributed by atoms with van der Waals surface area (Å²) in [6.45, 7) is 1.89. The van der Waals surface area contributed by atoms with Gasteiger partial charge in [0.1, 0.15) is 0 Å². The van der Waals surface area contributed by atoms with Gasteiger partial charge in [0.05, 0.1) is 11.0 Å². The van der Waals surface area contributed by atoms with Gasteiger partial charge in [-0.1, -0.05) is 15.9 Å². The monoisotopic (exact) mass is 424 g/mol. The van der Waals surface area contributed by atoms with Gasteiger partial charge in [-0.2, -0.15) is 0 Å². The highest BCUT2D eigenvalue weighted by atomic mass is 79.9. The van der Waals surface area contributed by atoms with Crippen LogP contribution in [0.5, 0.6) is 0 Å². The van der Waals surface area contributed by atoms with Crippen LogP contribution in [0, 0.1) is 0 Å². The predicted molar refractivity (Wildman–Crippen MR) is 104 cm³/mol. The van der Waals surface area contributed by atoms with Crippen molar-refractivity contribution in [1.82, 2.24) is 0 Å². The molecule has 0 aliphatic carbocycles. The molecule has 0 unspecified atom stereocenters. The third kappa shape index (κ3) is 4.54. The Morgan fingerprint density at radius 1 is 1.04 bits per heavy atom. The number of hydrogen-bond donors (Lipinski definition) is 1. The summed E-state index contributed by atoms with van der Waals surface area (Å²) in [7, 11) is -1.82. The van der Waals surface area contributed by atoms with E-state index in [1.54, 1.807) is 43.5 Å². The number of halogens is 1. The van der Waals surface area contributed by atoms with Gasteiger partial charge in [0, 0.05) is 36.0 Å². The summed E-state index contributed by atoms with van der Waals surface area (Å²) in [6, 6.07) is 14.1. The molecule has 2 aromatic carbocycles. The molecule has 5 nitrogen and oxygen atoms in total. The molecule has 25 heavy (non-hydrogen) atoms. The number of piperidine rings is 1. The van der Waals surface area contributed by atoms with Crippen molar-refractivity contribution in [2.45, 2.75) is 23.8 Å². The lowest BCUT2D eigenvalue weighted by atomic mass is 10.1. The van der Waals surface area contributed by atoms with Crippen molar-refractivity contribution >= 4 is 37.3 Å². The summed E-state index contributed by atoms with van der Waals surface area (Å²) in [5.41, 5.74) is 1.65. The van der Waals surface area contributed by atoms with Crippen molar-refractivity contribution in [2.75, 3.05) is 29.8 Å². The minimum atomic E-state index is -3.58. The number of benzene rings is 2. The van der Waals surface area contributed by atoms with E-state index >= 15 is 0 Å². The van der Waals surface area contributed by atoms with Gasteiger partial charge >= 0.3 is 0 Å². The van der Waals surface area contributed by atoms with Crippen molar-refractivity contribution in [2.24, 2.45) is 0 Å². The molecule has 0 aromatic heterocycles. The fraction of sp³-hybridized carbons (Fsp3) is 0.333. The maximum Gasteiger partial charge on any atom is 0.261 e. The number of nitrogens with zero attached hydrogens (tertiary/aromatic N) is 1. The summed E-state index contributed by atoms with van der Waals surface area (Å²) >= 11 is 3.31. The number of hydrogen-bond acceptors (Lipinski definition) is 4. The number of anilines is 2. The highest BCUT2D eigenvalue weighted by Crippen LogP contribution is 2.24. The summed E-state index contributed by atoms with van der Waals surface area (Å²) in [5.74, 6) is 0. The third-order valence-electron chi connectivity index (χ3n) is 4.38. The molecule has 7 heteroatoms. The zero-order valence-corrected chi connectivity index (χ0v) is 16.4. The summed E-state index contributed by atoms with van der Waals surface area (Å²) < 4.78 is 33.7. The average Bonchev–Trinajstić information content (AvgIpc) is 2.62. The second-order valence-corrected chi connectivity index (χ2v) is 8.63. The lowest BCUT2D eigenvalue weighted by Crippen LogP contribution is -2.36. The van der Waals surface area contributed by atoms with E-state index < -0.39 is 10.0 Å². The molecule has 0 atom stereocenters. The van der Waals surface area contributed by atoms with Crippen LogP contribution in [0.4, 0.5) is 11.4 Å². The summed E-state index contributed by atoms with van der Waals surface area (Å²) in [5, 5.41) is 0. The lowest BCUT2D eigenvalue weighted by molar-refractivity contribution is 0.0819. The first-order valence-electron chi connectivity index (χ1n) is 8.14. The molecular weight excluding hydrogens is 404 g/mol. The van der Waals surface area contributed by atoms with Gasteiger partial charge < -0.3 is 9.64 Å². The van der Waals surface area contributed by atoms with E-state index in [-0.39, 0.29) is 4.90 Å². The first kappa shape index (κ1) is 18.2. The van der Waals surface area contributed by atoms with Crippen LogP contribution in [0.3, 0.4) is 0 Å². The van der Waals surface area contributed by atoms with Crippen LogP contribution < -0.4 is 9.62 Å². The van der Waals surface area contributed by atoms with Crippen LogP contribution in [-0.2, 0) is 14.8 Å². The molecule has 1 aliphatic heterocycles. The zero-order valence-electron chi connectivity index (χ0n) is 14.0. The standard InChI is InChI=1S/C18H21BrN2O3S/c1-24-17-10-12-21(13-11-17)16-6-4-15(5-7-16)20-25(22,23)18-8-2-14(19)3-9-18/h2-9,17,20H,10-13H2,1H3. The van der Waals surface area contributed by atoms with E-state index in [1.807, 2.05) is 12.1 Å². The van der Waals surface area contributed by atoms with Crippen molar-refractivity contribution in [3.05, 3.63) is 53.0 Å². The van der Waals surface area contributed by atoms with Gasteiger partial charge in [-0.15, -0.1) is 0 Å². The van der Waals surface area contributed by atoms with Crippen LogP contribution in [0.2, 0.25) is 0 Å². The molecule has 1 saturated heterocycles. The Morgan fingerprint density at radius 3 is 2.20 bits per heavy atom.